The Morgan fingerprint density at radius 3 is 0.881 bits per heavy atom. The first-order valence-corrected chi connectivity index (χ1v) is 34.6. The third-order valence-electron chi connectivity index (χ3n) is 18.1. The molecule has 21 saturated heterocycles. The quantitative estimate of drug-likeness (QED) is 0.0315. The number of aliphatic hydroxyl groups is 19. The first-order chi connectivity index (χ1) is 48.0. The Balaban J connectivity index is 1.09. The van der Waals surface area contributed by atoms with Crippen LogP contribution in [0, 0.1) is 5.92 Å². The molecule has 0 aromatic heterocycles. The van der Waals surface area contributed by atoms with Gasteiger partial charge in [0.15, 0.2) is 44.0 Å². The normalized spacial score (nSPS) is 45.5. The largest absolute Gasteiger partial charge is 0.481 e. The van der Waals surface area contributed by atoms with Gasteiger partial charge in [0, 0.05) is 42.8 Å². The lowest BCUT2D eigenvalue weighted by Crippen LogP contribution is -2.68. The smallest absolute Gasteiger partial charge is 0.321 e. The number of esters is 1. The summed E-state index contributed by atoms with van der Waals surface area (Å²) in [6.07, 6.45) is -73.4. The van der Waals surface area contributed by atoms with Crippen LogP contribution in [0.4, 0.5) is 0 Å². The van der Waals surface area contributed by atoms with Crippen molar-refractivity contribution in [2.24, 2.45) is 5.92 Å². The number of ketones is 1. The predicted octanol–water partition coefficient (Wildman–Crippen LogP) is -13.4. The topological polar surface area (TPSA) is 653 Å². The van der Waals surface area contributed by atoms with Gasteiger partial charge in [0.25, 0.3) is 0 Å². The van der Waals surface area contributed by atoms with Crippen molar-refractivity contribution >= 4 is 47.2 Å². The van der Waals surface area contributed by atoms with Crippen molar-refractivity contribution in [2.75, 3.05) is 82.9 Å². The van der Waals surface area contributed by atoms with Crippen molar-refractivity contribution in [3.63, 3.8) is 0 Å². The van der Waals surface area contributed by atoms with E-state index in [0.29, 0.717) is 0 Å². The van der Waals surface area contributed by atoms with E-state index in [1.54, 1.807) is 0 Å². The molecule has 14 bridgehead atoms. The number of rotatable bonds is 24. The molecule has 21 heterocycles. The lowest BCUT2D eigenvalue weighted by atomic mass is 9.95. The molecular weight excluding hydrogens is 1420 g/mol. The molecule has 0 aliphatic carbocycles. The Hall–Kier alpha value is -2.62. The summed E-state index contributed by atoms with van der Waals surface area (Å²) in [5.41, 5.74) is 0. The lowest BCUT2D eigenvalue weighted by molar-refractivity contribution is -0.395. The highest BCUT2D eigenvalue weighted by Crippen LogP contribution is 2.40. The summed E-state index contributed by atoms with van der Waals surface area (Å²) in [6.45, 7) is -4.69. The average molecular weight is 1510 g/mol. The van der Waals surface area contributed by atoms with E-state index >= 15 is 0 Å². The highest BCUT2D eigenvalue weighted by molar-refractivity contribution is 7.99. The average Bonchev–Trinajstić information content (AvgIpc) is 0.787. The van der Waals surface area contributed by atoms with Gasteiger partial charge in [-0.3, -0.25) is 19.2 Å². The number of aliphatic hydroxyl groups excluding tert-OH is 19. The number of nitrogens with one attached hydrogen (secondary N) is 1. The summed E-state index contributed by atoms with van der Waals surface area (Å²) in [5.74, 6) is -6.65. The van der Waals surface area contributed by atoms with Gasteiger partial charge in [-0.1, -0.05) is 0 Å². The third-order valence-corrected chi connectivity index (χ3v) is 20.5. The number of likely N-dealkylation sites (N-methyl/N-ethyl adjacent to an activating group) is 1. The summed E-state index contributed by atoms with van der Waals surface area (Å²) < 4.78 is 92.5. The number of carboxylic acids is 2. The molecule has 0 aromatic carbocycles. The molecule has 0 spiro atoms. The van der Waals surface area contributed by atoms with Crippen molar-refractivity contribution in [3.05, 3.63) is 0 Å². The van der Waals surface area contributed by atoms with Gasteiger partial charge >= 0.3 is 17.9 Å². The van der Waals surface area contributed by atoms with Crippen LogP contribution in [0.25, 0.3) is 0 Å². The maximum atomic E-state index is 12.9. The molecule has 21 rings (SSSR count). The van der Waals surface area contributed by atoms with Gasteiger partial charge in [0.2, 0.25) is 0 Å². The molecule has 22 N–H and O–H groups in total. The molecule has 21 aliphatic rings. The van der Waals surface area contributed by atoms with Crippen LogP contribution in [0.2, 0.25) is 0 Å². The first kappa shape index (κ1) is 84.0. The van der Waals surface area contributed by atoms with Crippen LogP contribution < -0.4 is 5.32 Å². The van der Waals surface area contributed by atoms with Crippen molar-refractivity contribution in [3.8, 4) is 0 Å². The van der Waals surface area contributed by atoms with Crippen molar-refractivity contribution in [2.45, 2.75) is 241 Å². The maximum Gasteiger partial charge on any atom is 0.321 e. The Kier molecular flexibility index (Phi) is 32.0. The molecule has 21 fully saturated rings. The number of thioether (sulfide) groups is 2. The molecule has 0 radical (unpaired) electrons. The number of ether oxygens (including phenoxy) is 16. The number of aliphatic carboxylic acids is 2. The van der Waals surface area contributed by atoms with Crippen LogP contribution in [0.1, 0.15) is 19.8 Å². The third kappa shape index (κ3) is 20.0. The van der Waals surface area contributed by atoms with Crippen molar-refractivity contribution < 1.29 is 202 Å². The van der Waals surface area contributed by atoms with E-state index in [4.69, 9.17) is 75.8 Å². The zero-order valence-electron chi connectivity index (χ0n) is 54.1. The number of carbonyl (C=O) groups excluding carboxylic acids is 2. The molecule has 101 heavy (non-hydrogen) atoms. The minimum Gasteiger partial charge on any atom is -0.481 e. The molecule has 37 atom stereocenters. The van der Waals surface area contributed by atoms with Crippen LogP contribution in [0.5, 0.6) is 0 Å². The van der Waals surface area contributed by atoms with Gasteiger partial charge in [0.05, 0.1) is 64.4 Å². The molecule has 44 heteroatoms. The fraction of sp³-hybridized carbons (Fsp3) is 0.930. The fourth-order valence-corrected chi connectivity index (χ4v) is 14.8. The molecule has 42 nitrogen and oxygen atoms in total. The van der Waals surface area contributed by atoms with Gasteiger partial charge < -0.3 is 188 Å². The zero-order valence-corrected chi connectivity index (χ0v) is 55.8. The Morgan fingerprint density at radius 2 is 0.634 bits per heavy atom. The number of hydrogen-bond acceptors (Lipinski definition) is 42. The van der Waals surface area contributed by atoms with E-state index in [-0.39, 0.29) is 43.5 Å². The summed E-state index contributed by atoms with van der Waals surface area (Å²) in [7, 11) is 1.35. The minimum atomic E-state index is -2.32. The number of carboxylic acid groups (broad SMARTS) is 2. The predicted molar refractivity (Wildman–Crippen MR) is 322 cm³/mol. The van der Waals surface area contributed by atoms with Crippen LogP contribution >= 0.6 is 23.5 Å². The fourth-order valence-electron chi connectivity index (χ4n) is 12.4. The van der Waals surface area contributed by atoms with Gasteiger partial charge in [-0.05, 0) is 7.05 Å². The van der Waals surface area contributed by atoms with Gasteiger partial charge in [-0.25, -0.2) is 0 Å². The highest BCUT2D eigenvalue weighted by atomic mass is 32.2. The minimum absolute atomic E-state index is 0.0588. The van der Waals surface area contributed by atoms with E-state index in [0.717, 1.165) is 23.5 Å². The molecule has 21 aliphatic heterocycles. The second kappa shape index (κ2) is 38.5. The van der Waals surface area contributed by atoms with Crippen LogP contribution in [-0.2, 0) is 95.0 Å². The van der Waals surface area contributed by atoms with Crippen LogP contribution in [0.3, 0.4) is 0 Å². The second-order valence-electron chi connectivity index (χ2n) is 25.0. The SMILES string of the molecule is CN[C@H](CSCC1O[C@H]2O[C@@H]3C(CO)O[C@H](O[C@@H]4C(CO)O[C@H](O[C@@H]5C(CO)O[C@H](O[C@@H]6C(CSCC(CC(=O)CCOCCOC(C)=O)C(=O)O)O[C@H](O[C@@H]7C(CO)OC(O[C@@H]8C(CO)O[C@@H](O[C@H]1[C@H](O)C2O)C(O)[C@H]8O)[C@@H](O)[C@H]7O)C(O)[C@H]6O)C(O)[C@H]5O)C(O)[C@H]4O)C(O)[C@H]3O)C(=O)O. The van der Waals surface area contributed by atoms with E-state index in [9.17, 15) is 126 Å². The van der Waals surface area contributed by atoms with Crippen molar-refractivity contribution in [1.29, 1.82) is 0 Å². The molecule has 584 valence electrons. The van der Waals surface area contributed by atoms with Gasteiger partial charge in [-0.15, -0.1) is 0 Å². The zero-order chi connectivity index (χ0) is 74.0. The summed E-state index contributed by atoms with van der Waals surface area (Å²) in [6, 6.07) is -1.18. The van der Waals surface area contributed by atoms with E-state index in [2.05, 4.69) is 5.32 Å². The number of hydrogen-bond donors (Lipinski definition) is 22. The summed E-state index contributed by atoms with van der Waals surface area (Å²) >= 11 is 1.65. The number of carbonyl (C=O) groups is 4. The Labute approximate surface area is 582 Å². The van der Waals surface area contributed by atoms with Crippen LogP contribution in [0.15, 0.2) is 0 Å². The monoisotopic (exact) mass is 1510 g/mol. The Morgan fingerprint density at radius 1 is 0.366 bits per heavy atom. The van der Waals surface area contributed by atoms with Crippen molar-refractivity contribution in [1.82, 2.24) is 5.32 Å². The standard InChI is InChI=1S/C57H93NO41S2/c1-17(64)85-6-5-84-4-3-19(65)7-18(49(80)81)13-100-15-26-47-33(71)40(78)56(91-26)96-45-24(11-62)87-53(36(74)29(45)67)95-44-23(10-61)90-55(39(77)32(44)70)99-48-27(16-101-14-20(58-2)50(82)83)92-57(41(79)34(48)72)97-46-25(12-63)88-52(37(75)30(46)68)93-42-21(8-59)86-51(35(73)28(42)66)94-43-22(9-60)89-54(98-47)38(76)31(43)69/h18,20-48,51-63,66-79H,3-16H2,1-2H3,(H,80,81)(H,82,83)/t18?,20-,21?,22?,23?,24?,25?,26?,27?,28-,29-,30-,31-,32-,33-,34-,35?,36+,37?,38?,39?,40?,41?,42-,43-,44-,45-,46-,47-,48-,51-,52-,53?,54-,55+,56-,57+/m1/s1. The molecule has 0 aromatic rings. The molecular formula is C57H93NO41S2. The second-order valence-corrected chi connectivity index (χ2v) is 27.2. The summed E-state index contributed by atoms with van der Waals surface area (Å²) in [5, 5.41) is 239. The van der Waals surface area contributed by atoms with E-state index in [1.165, 1.54) is 14.0 Å². The maximum absolute atomic E-state index is 12.9. The molecule has 15 unspecified atom stereocenters. The number of Topliss-reactive ketones (excluding diaryl/α,β-unsaturated/α-hetero) is 1. The molecule has 0 amide bonds. The Bertz CT molecular complexity index is 2580. The highest BCUT2D eigenvalue weighted by Gasteiger charge is 2.60. The summed E-state index contributed by atoms with van der Waals surface area (Å²) in [4.78, 5) is 48.5. The van der Waals surface area contributed by atoms with Gasteiger partial charge in [-0.2, -0.15) is 23.5 Å². The lowest BCUT2D eigenvalue weighted by Gasteiger charge is -2.50. The van der Waals surface area contributed by atoms with Crippen LogP contribution in [-0.4, -0.2) is 435 Å². The first-order valence-electron chi connectivity index (χ1n) is 32.3. The van der Waals surface area contributed by atoms with E-state index in [1.807, 2.05) is 0 Å². The van der Waals surface area contributed by atoms with Gasteiger partial charge in [0.1, 0.15) is 177 Å². The molecule has 0 saturated carbocycles. The van der Waals surface area contributed by atoms with E-state index < -0.39 is 296 Å².